The van der Waals surface area contributed by atoms with Crippen molar-refractivity contribution in [3.63, 3.8) is 0 Å². The summed E-state index contributed by atoms with van der Waals surface area (Å²) in [5.74, 6) is -2.61. The van der Waals surface area contributed by atoms with Crippen molar-refractivity contribution in [1.29, 1.82) is 0 Å². The summed E-state index contributed by atoms with van der Waals surface area (Å²) in [6.07, 6.45) is 5.85. The molecule has 1 fully saturated rings. The third-order valence-corrected chi connectivity index (χ3v) is 2.52. The number of allylic oxidation sites excluding steroid dienone is 3. The van der Waals surface area contributed by atoms with Crippen LogP contribution in [-0.2, 0) is 0 Å². The van der Waals surface area contributed by atoms with Crippen molar-refractivity contribution in [2.45, 2.75) is 31.2 Å². The van der Waals surface area contributed by atoms with Crippen molar-refractivity contribution in [3.05, 3.63) is 37.0 Å². The molecule has 3 heteroatoms. The third-order valence-electron chi connectivity index (χ3n) is 2.52. The van der Waals surface area contributed by atoms with E-state index in [1.165, 1.54) is 0 Å². The maximum Gasteiger partial charge on any atom is 0.263 e. The molecule has 0 aromatic carbocycles. The predicted molar refractivity (Wildman–Crippen MR) is 59.1 cm³/mol. The topological polar surface area (TPSA) is 12.0 Å². The fourth-order valence-electron chi connectivity index (χ4n) is 1.68. The normalized spacial score (nSPS) is 25.3. The summed E-state index contributed by atoms with van der Waals surface area (Å²) >= 11 is 0. The molecule has 1 atom stereocenters. The number of alkyl halides is 2. The zero-order valence-corrected chi connectivity index (χ0v) is 8.81. The Kier molecular flexibility index (Phi) is 4.21. The maximum absolute atomic E-state index is 13.4. The van der Waals surface area contributed by atoms with E-state index in [1.807, 2.05) is 0 Å². The van der Waals surface area contributed by atoms with Crippen LogP contribution < -0.4 is 5.32 Å². The minimum Gasteiger partial charge on any atom is -0.308 e. The smallest absolute Gasteiger partial charge is 0.263 e. The van der Waals surface area contributed by atoms with E-state index in [2.05, 4.69) is 18.5 Å². The molecule has 1 unspecified atom stereocenters. The van der Waals surface area contributed by atoms with Gasteiger partial charge in [0.25, 0.3) is 5.92 Å². The lowest BCUT2D eigenvalue weighted by Crippen LogP contribution is -2.49. The van der Waals surface area contributed by atoms with Gasteiger partial charge in [-0.15, -0.1) is 0 Å². The predicted octanol–water partition coefficient (Wildman–Crippen LogP) is 3.06. The van der Waals surface area contributed by atoms with Crippen molar-refractivity contribution < 1.29 is 8.78 Å². The van der Waals surface area contributed by atoms with Crippen molar-refractivity contribution in [2.75, 3.05) is 6.54 Å². The molecule has 0 aromatic heterocycles. The third kappa shape index (κ3) is 3.59. The average Bonchev–Trinajstić information content (AvgIpc) is 2.18. The number of piperidine rings is 1. The molecule has 1 nitrogen and oxygen atoms in total. The minimum atomic E-state index is -2.61. The highest BCUT2D eigenvalue weighted by Crippen LogP contribution is 2.31. The van der Waals surface area contributed by atoms with Gasteiger partial charge in [0.1, 0.15) is 0 Å². The van der Waals surface area contributed by atoms with Crippen LogP contribution in [0.4, 0.5) is 8.78 Å². The lowest BCUT2D eigenvalue weighted by Gasteiger charge is -2.32. The first-order chi connectivity index (χ1) is 7.06. The Morgan fingerprint density at radius 2 is 2.27 bits per heavy atom. The lowest BCUT2D eigenvalue weighted by atomic mass is 9.94. The van der Waals surface area contributed by atoms with Crippen LogP contribution in [0.25, 0.3) is 0 Å². The molecule has 1 rings (SSSR count). The second-order valence-corrected chi connectivity index (χ2v) is 3.83. The van der Waals surface area contributed by atoms with Crippen LogP contribution in [0.5, 0.6) is 0 Å². The Bertz CT molecular complexity index is 269. The van der Waals surface area contributed by atoms with E-state index in [4.69, 9.17) is 0 Å². The average molecular weight is 213 g/mol. The molecular formula is C12H17F2N. The van der Waals surface area contributed by atoms with Gasteiger partial charge in [-0.1, -0.05) is 37.0 Å². The Balaban J connectivity index is 2.52. The molecule has 0 amide bonds. The molecule has 15 heavy (non-hydrogen) atoms. The number of rotatable bonds is 4. The van der Waals surface area contributed by atoms with Gasteiger partial charge in [-0.05, 0) is 19.4 Å². The van der Waals surface area contributed by atoms with E-state index in [0.29, 0.717) is 18.5 Å². The Labute approximate surface area is 89.6 Å². The van der Waals surface area contributed by atoms with E-state index in [1.54, 1.807) is 18.2 Å². The van der Waals surface area contributed by atoms with Gasteiger partial charge in [0, 0.05) is 6.42 Å². The standard InChI is InChI=1S/C12H17F2N/c1-3-4-6-10(2)9-11-12(13,14)7-5-8-15-11/h3-4,6,11,15H,1-2,5,7-9H2/b6-4-. The second kappa shape index (κ2) is 5.21. The van der Waals surface area contributed by atoms with Crippen molar-refractivity contribution in [3.8, 4) is 0 Å². The fourth-order valence-corrected chi connectivity index (χ4v) is 1.68. The van der Waals surface area contributed by atoms with E-state index >= 15 is 0 Å². The van der Waals surface area contributed by atoms with Crippen LogP contribution in [0, 0.1) is 0 Å². The summed E-state index contributed by atoms with van der Waals surface area (Å²) < 4.78 is 26.8. The van der Waals surface area contributed by atoms with Crippen molar-refractivity contribution >= 4 is 0 Å². The fraction of sp³-hybridized carbons (Fsp3) is 0.500. The van der Waals surface area contributed by atoms with Crippen LogP contribution in [0.2, 0.25) is 0 Å². The van der Waals surface area contributed by atoms with Crippen LogP contribution in [0.15, 0.2) is 37.0 Å². The van der Waals surface area contributed by atoms with E-state index in [0.717, 1.165) is 0 Å². The zero-order chi connectivity index (χ0) is 11.3. The van der Waals surface area contributed by atoms with Gasteiger partial charge in [0.15, 0.2) is 0 Å². The van der Waals surface area contributed by atoms with Gasteiger partial charge >= 0.3 is 0 Å². The molecule has 1 saturated heterocycles. The summed E-state index contributed by atoms with van der Waals surface area (Å²) in [5, 5.41) is 2.85. The molecule has 1 aliphatic heterocycles. The molecule has 1 aliphatic rings. The first kappa shape index (κ1) is 12.1. The van der Waals surface area contributed by atoms with Crippen LogP contribution in [0.3, 0.4) is 0 Å². The van der Waals surface area contributed by atoms with Gasteiger partial charge in [0.05, 0.1) is 6.04 Å². The van der Waals surface area contributed by atoms with E-state index < -0.39 is 12.0 Å². The molecule has 0 saturated carbocycles. The molecule has 1 heterocycles. The first-order valence-electron chi connectivity index (χ1n) is 5.14. The zero-order valence-electron chi connectivity index (χ0n) is 8.81. The number of halogens is 2. The van der Waals surface area contributed by atoms with E-state index in [9.17, 15) is 8.78 Å². The highest BCUT2D eigenvalue weighted by Gasteiger charge is 2.40. The molecular weight excluding hydrogens is 196 g/mol. The highest BCUT2D eigenvalue weighted by atomic mass is 19.3. The van der Waals surface area contributed by atoms with Gasteiger partial charge < -0.3 is 5.32 Å². The minimum absolute atomic E-state index is 0.0247. The SMILES string of the molecule is C=C/C=C\C(=C)CC1NCCCC1(F)F. The summed E-state index contributed by atoms with van der Waals surface area (Å²) in [5.41, 5.74) is 0.703. The monoisotopic (exact) mass is 213 g/mol. The lowest BCUT2D eigenvalue weighted by molar-refractivity contribution is -0.0599. The van der Waals surface area contributed by atoms with Gasteiger partial charge in [-0.2, -0.15) is 0 Å². The van der Waals surface area contributed by atoms with Crippen molar-refractivity contribution in [2.24, 2.45) is 0 Å². The highest BCUT2D eigenvalue weighted by molar-refractivity contribution is 5.20. The quantitative estimate of drug-likeness (QED) is 0.708. The molecule has 0 radical (unpaired) electrons. The molecule has 84 valence electrons. The number of hydrogen-bond donors (Lipinski definition) is 1. The Morgan fingerprint density at radius 1 is 1.53 bits per heavy atom. The largest absolute Gasteiger partial charge is 0.308 e. The summed E-state index contributed by atoms with van der Waals surface area (Å²) in [7, 11) is 0. The van der Waals surface area contributed by atoms with Gasteiger partial charge in [0.2, 0.25) is 0 Å². The number of hydrogen-bond acceptors (Lipinski definition) is 1. The second-order valence-electron chi connectivity index (χ2n) is 3.83. The molecule has 0 aromatic rings. The molecule has 0 spiro atoms. The number of nitrogens with one attached hydrogen (secondary N) is 1. The Hall–Kier alpha value is -0.960. The van der Waals surface area contributed by atoms with E-state index in [-0.39, 0.29) is 12.8 Å². The Morgan fingerprint density at radius 3 is 2.87 bits per heavy atom. The summed E-state index contributed by atoms with van der Waals surface area (Å²) in [4.78, 5) is 0. The molecule has 1 N–H and O–H groups in total. The van der Waals surface area contributed by atoms with Gasteiger partial charge in [-0.25, -0.2) is 8.78 Å². The maximum atomic E-state index is 13.4. The first-order valence-corrected chi connectivity index (χ1v) is 5.14. The summed E-state index contributed by atoms with van der Waals surface area (Å²) in [6, 6.07) is -0.770. The van der Waals surface area contributed by atoms with Crippen LogP contribution in [0.1, 0.15) is 19.3 Å². The van der Waals surface area contributed by atoms with Crippen molar-refractivity contribution in [1.82, 2.24) is 5.32 Å². The molecule has 0 bridgehead atoms. The van der Waals surface area contributed by atoms with Crippen LogP contribution >= 0.6 is 0 Å². The van der Waals surface area contributed by atoms with Crippen LogP contribution in [-0.4, -0.2) is 18.5 Å². The summed E-state index contributed by atoms with van der Waals surface area (Å²) in [6.45, 7) is 7.93. The molecule has 0 aliphatic carbocycles. The van der Waals surface area contributed by atoms with Gasteiger partial charge in [-0.3, -0.25) is 0 Å².